The number of nitrogens with zero attached hydrogens (tertiary/aromatic N) is 4. The zero-order chi connectivity index (χ0) is 18.9. The third kappa shape index (κ3) is 3.81. The average Bonchev–Trinajstić information content (AvgIpc) is 3.04. The van der Waals surface area contributed by atoms with Crippen molar-refractivity contribution in [2.24, 2.45) is 0 Å². The van der Waals surface area contributed by atoms with E-state index in [2.05, 4.69) is 10.3 Å². The van der Waals surface area contributed by atoms with E-state index < -0.39 is 5.60 Å². The minimum absolute atomic E-state index is 0.0527. The van der Waals surface area contributed by atoms with E-state index >= 15 is 0 Å². The van der Waals surface area contributed by atoms with Crippen molar-refractivity contribution in [3.05, 3.63) is 64.9 Å². The van der Waals surface area contributed by atoms with Gasteiger partial charge < -0.3 is 15.1 Å². The molecule has 6 nitrogen and oxygen atoms in total. The van der Waals surface area contributed by atoms with E-state index in [1.54, 1.807) is 25.3 Å². The van der Waals surface area contributed by atoms with Crippen LogP contribution in [-0.2, 0) is 12.0 Å². The van der Waals surface area contributed by atoms with Crippen molar-refractivity contribution < 1.29 is 10.2 Å². The largest absolute Gasteiger partial charge is 0.506 e. The number of phenols is 1. The van der Waals surface area contributed by atoms with Gasteiger partial charge in [0.1, 0.15) is 11.4 Å². The van der Waals surface area contributed by atoms with E-state index in [0.29, 0.717) is 16.4 Å². The minimum Gasteiger partial charge on any atom is -0.506 e. The Kier molecular flexibility index (Phi) is 4.89. The smallest absolute Gasteiger partial charge is 0.141 e. The highest BCUT2D eigenvalue weighted by atomic mass is 35.5. The van der Waals surface area contributed by atoms with Gasteiger partial charge in [-0.15, -0.1) is 5.10 Å². The molecule has 0 aliphatic rings. The van der Waals surface area contributed by atoms with E-state index in [4.69, 9.17) is 11.6 Å². The fourth-order valence-corrected chi connectivity index (χ4v) is 2.92. The van der Waals surface area contributed by atoms with Crippen LogP contribution in [-0.4, -0.2) is 39.3 Å². The molecule has 0 aliphatic carbocycles. The van der Waals surface area contributed by atoms with Crippen LogP contribution < -0.4 is 4.90 Å². The molecule has 0 fully saturated rings. The molecule has 3 aromatic rings. The molecule has 3 rings (SSSR count). The lowest BCUT2D eigenvalue weighted by molar-refractivity contribution is 0.0566. The van der Waals surface area contributed by atoms with Crippen LogP contribution in [0.15, 0.2) is 48.7 Å². The van der Waals surface area contributed by atoms with Crippen molar-refractivity contribution >= 4 is 17.3 Å². The van der Waals surface area contributed by atoms with E-state index in [1.165, 1.54) is 10.7 Å². The Morgan fingerprint density at radius 1 is 1.15 bits per heavy atom. The number of anilines is 1. The molecule has 0 spiro atoms. The Bertz CT molecular complexity index is 904. The maximum Gasteiger partial charge on any atom is 0.141 e. The predicted octanol–water partition coefficient (Wildman–Crippen LogP) is 3.14. The lowest BCUT2D eigenvalue weighted by Crippen LogP contribution is -2.24. The normalized spacial score (nSPS) is 13.4. The number of halogens is 1. The molecule has 26 heavy (non-hydrogen) atoms. The topological polar surface area (TPSA) is 74.4 Å². The molecule has 7 heteroatoms. The van der Waals surface area contributed by atoms with E-state index in [9.17, 15) is 10.2 Å². The van der Waals surface area contributed by atoms with E-state index in [-0.39, 0.29) is 12.2 Å². The maximum atomic E-state index is 10.9. The van der Waals surface area contributed by atoms with Crippen LogP contribution in [0.1, 0.15) is 18.2 Å². The zero-order valence-electron chi connectivity index (χ0n) is 14.9. The lowest BCUT2D eigenvalue weighted by Gasteiger charge is -2.23. The van der Waals surface area contributed by atoms with Crippen molar-refractivity contribution in [2.45, 2.75) is 18.9 Å². The number of rotatable bonds is 5. The first-order valence-electron chi connectivity index (χ1n) is 8.16. The second-order valence-electron chi connectivity index (χ2n) is 6.68. The number of aromatic nitrogens is 3. The third-order valence-electron chi connectivity index (χ3n) is 4.26. The van der Waals surface area contributed by atoms with Gasteiger partial charge in [-0.05, 0) is 42.8 Å². The average molecular weight is 373 g/mol. The highest BCUT2D eigenvalue weighted by Crippen LogP contribution is 2.28. The van der Waals surface area contributed by atoms with Crippen molar-refractivity contribution in [3.8, 4) is 11.4 Å². The molecule has 0 aliphatic heterocycles. The summed E-state index contributed by atoms with van der Waals surface area (Å²) < 4.78 is 1.45. The van der Waals surface area contributed by atoms with Crippen molar-refractivity contribution in [1.29, 1.82) is 0 Å². The second kappa shape index (κ2) is 6.97. The zero-order valence-corrected chi connectivity index (χ0v) is 15.6. The highest BCUT2D eigenvalue weighted by molar-refractivity contribution is 6.30. The monoisotopic (exact) mass is 372 g/mol. The maximum absolute atomic E-state index is 10.9. The molecule has 1 unspecified atom stereocenters. The van der Waals surface area contributed by atoms with Gasteiger partial charge in [0.25, 0.3) is 0 Å². The van der Waals surface area contributed by atoms with Gasteiger partial charge in [-0.3, -0.25) is 0 Å². The van der Waals surface area contributed by atoms with Crippen molar-refractivity contribution in [2.75, 3.05) is 19.0 Å². The molecule has 1 atom stereocenters. The molecular weight excluding hydrogens is 352 g/mol. The number of phenolic OH excluding ortho intramolecular Hbond substituents is 1. The van der Waals surface area contributed by atoms with Crippen LogP contribution in [0.4, 0.5) is 5.69 Å². The second-order valence-corrected chi connectivity index (χ2v) is 7.12. The number of hydrogen-bond donors (Lipinski definition) is 2. The number of aliphatic hydroxyl groups is 1. The molecule has 0 saturated heterocycles. The molecule has 0 saturated carbocycles. The molecule has 0 bridgehead atoms. The molecule has 136 valence electrons. The highest BCUT2D eigenvalue weighted by Gasteiger charge is 2.25. The first kappa shape index (κ1) is 18.2. The van der Waals surface area contributed by atoms with Crippen LogP contribution in [0.3, 0.4) is 0 Å². The Balaban J connectivity index is 1.82. The Morgan fingerprint density at radius 3 is 2.50 bits per heavy atom. The van der Waals surface area contributed by atoms with Gasteiger partial charge in [-0.2, -0.15) is 0 Å². The summed E-state index contributed by atoms with van der Waals surface area (Å²) >= 11 is 5.98. The van der Waals surface area contributed by atoms with Crippen LogP contribution in [0.5, 0.6) is 5.75 Å². The van der Waals surface area contributed by atoms with Crippen molar-refractivity contribution in [3.63, 3.8) is 0 Å². The summed E-state index contributed by atoms with van der Waals surface area (Å²) in [6, 6.07) is 12.4. The first-order valence-corrected chi connectivity index (χ1v) is 8.54. The van der Waals surface area contributed by atoms with E-state index in [0.717, 1.165) is 11.3 Å². The molecule has 2 N–H and O–H groups in total. The molecule has 0 amide bonds. The number of aromatic hydroxyl groups is 1. The minimum atomic E-state index is -1.10. The van der Waals surface area contributed by atoms with Gasteiger partial charge in [0.15, 0.2) is 0 Å². The molecular formula is C19H21ClN4O2. The Morgan fingerprint density at radius 2 is 1.85 bits per heavy atom. The fraction of sp³-hybridized carbons (Fsp3) is 0.263. The van der Waals surface area contributed by atoms with Crippen LogP contribution >= 0.6 is 11.6 Å². The molecule has 1 aromatic heterocycles. The number of hydrogen-bond acceptors (Lipinski definition) is 5. The Hall–Kier alpha value is -2.57. The standard InChI is InChI=1S/C19H21ClN4O2/c1-19(26,13-4-7-16(8-5-13)23(2)3)11-15-12-24(22-21-15)17-10-14(20)6-9-18(17)25/h4-10,12,25-26H,11H2,1-3H3. The quantitative estimate of drug-likeness (QED) is 0.719. The summed E-state index contributed by atoms with van der Waals surface area (Å²) in [6.07, 6.45) is 1.96. The summed E-state index contributed by atoms with van der Waals surface area (Å²) in [6.45, 7) is 1.74. The molecule has 0 radical (unpaired) electrons. The third-order valence-corrected chi connectivity index (χ3v) is 4.49. The van der Waals surface area contributed by atoms with Crippen molar-refractivity contribution in [1.82, 2.24) is 15.0 Å². The summed E-state index contributed by atoms with van der Waals surface area (Å²) in [5, 5.41) is 29.5. The molecule has 2 aromatic carbocycles. The van der Waals surface area contributed by atoms with Crippen LogP contribution in [0.2, 0.25) is 5.02 Å². The van der Waals surface area contributed by atoms with Gasteiger partial charge in [0.2, 0.25) is 0 Å². The van der Waals surface area contributed by atoms with Gasteiger partial charge in [0.05, 0.1) is 17.5 Å². The summed E-state index contributed by atoms with van der Waals surface area (Å²) in [5.74, 6) is 0.0527. The van der Waals surface area contributed by atoms with Gasteiger partial charge in [-0.1, -0.05) is 28.9 Å². The van der Waals surface area contributed by atoms with E-state index in [1.807, 2.05) is 43.3 Å². The lowest BCUT2D eigenvalue weighted by atomic mass is 9.91. The van der Waals surface area contributed by atoms with Gasteiger partial charge in [0, 0.05) is 31.2 Å². The van der Waals surface area contributed by atoms with Crippen LogP contribution in [0, 0.1) is 0 Å². The van der Waals surface area contributed by atoms with Gasteiger partial charge >= 0.3 is 0 Å². The first-order chi connectivity index (χ1) is 12.3. The van der Waals surface area contributed by atoms with Gasteiger partial charge in [-0.25, -0.2) is 4.68 Å². The SMILES string of the molecule is CN(C)c1ccc(C(C)(O)Cc2cn(-c3cc(Cl)ccc3O)nn2)cc1. The number of benzene rings is 2. The Labute approximate surface area is 157 Å². The van der Waals surface area contributed by atoms with Crippen LogP contribution in [0.25, 0.3) is 5.69 Å². The predicted molar refractivity (Wildman–Crippen MR) is 102 cm³/mol. The molecule has 1 heterocycles. The summed E-state index contributed by atoms with van der Waals surface area (Å²) in [4.78, 5) is 2.00. The fourth-order valence-electron chi connectivity index (χ4n) is 2.75. The summed E-state index contributed by atoms with van der Waals surface area (Å²) in [7, 11) is 3.94. The summed E-state index contributed by atoms with van der Waals surface area (Å²) in [5.41, 5.74) is 1.80.